The van der Waals surface area contributed by atoms with Gasteiger partial charge in [0.05, 0.1) is 6.10 Å². The molecule has 0 aromatic carbocycles. The lowest BCUT2D eigenvalue weighted by atomic mass is 10.2. The first kappa shape index (κ1) is 9.92. The Hall–Kier alpha value is -0.0800. The van der Waals surface area contributed by atoms with Crippen molar-refractivity contribution in [3.8, 4) is 0 Å². The fraction of sp³-hybridized carbons (Fsp3) is 0.875. The fourth-order valence-electron chi connectivity index (χ4n) is 0.676. The second-order valence-corrected chi connectivity index (χ2v) is 2.31. The van der Waals surface area contributed by atoms with Gasteiger partial charge in [0.25, 0.3) is 0 Å². The molecular weight excluding hydrogens is 128 g/mol. The van der Waals surface area contributed by atoms with Crippen molar-refractivity contribution in [1.29, 1.82) is 0 Å². The van der Waals surface area contributed by atoms with Crippen molar-refractivity contribution in [2.24, 2.45) is 0 Å². The summed E-state index contributed by atoms with van der Waals surface area (Å²) in [6, 6.07) is 0. The number of hydrogen-bond donors (Lipinski definition) is 0. The molecule has 0 rings (SSSR count). The maximum absolute atomic E-state index is 5.03. The predicted octanol–water partition coefficient (Wildman–Crippen LogP) is 1.65. The smallest absolute Gasteiger partial charge is 0.0575 e. The van der Waals surface area contributed by atoms with Crippen LogP contribution < -0.4 is 0 Å². The van der Waals surface area contributed by atoms with Gasteiger partial charge in [0.15, 0.2) is 0 Å². The maximum Gasteiger partial charge on any atom is 0.0575 e. The van der Waals surface area contributed by atoms with Crippen LogP contribution in [0, 0.1) is 6.42 Å². The maximum atomic E-state index is 5.03. The van der Waals surface area contributed by atoms with Crippen LogP contribution in [-0.4, -0.2) is 26.9 Å². The standard InChI is InChI=1S/C8H17O2/c1-8(10-3)6-4-5-7-9-2/h6,8H,4-5,7H2,1-3H3. The summed E-state index contributed by atoms with van der Waals surface area (Å²) >= 11 is 0. The lowest BCUT2D eigenvalue weighted by Gasteiger charge is -2.07. The van der Waals surface area contributed by atoms with Crippen molar-refractivity contribution in [1.82, 2.24) is 0 Å². The van der Waals surface area contributed by atoms with E-state index in [9.17, 15) is 0 Å². The number of rotatable bonds is 6. The highest BCUT2D eigenvalue weighted by Gasteiger charge is 1.97. The Morgan fingerprint density at radius 3 is 2.60 bits per heavy atom. The van der Waals surface area contributed by atoms with E-state index in [-0.39, 0.29) is 6.10 Å². The van der Waals surface area contributed by atoms with Crippen molar-refractivity contribution < 1.29 is 9.47 Å². The quantitative estimate of drug-likeness (QED) is 0.529. The summed E-state index contributed by atoms with van der Waals surface area (Å²) in [7, 11) is 3.44. The first-order valence-electron chi connectivity index (χ1n) is 3.66. The Bertz CT molecular complexity index is 64.3. The van der Waals surface area contributed by atoms with E-state index in [4.69, 9.17) is 9.47 Å². The topological polar surface area (TPSA) is 18.5 Å². The number of hydrogen-bond acceptors (Lipinski definition) is 2. The summed E-state index contributed by atoms with van der Waals surface area (Å²) in [5.74, 6) is 0. The molecule has 0 aliphatic carbocycles. The van der Waals surface area contributed by atoms with Gasteiger partial charge in [0, 0.05) is 20.8 Å². The molecule has 0 spiro atoms. The molecule has 1 radical (unpaired) electrons. The Kier molecular flexibility index (Phi) is 6.98. The van der Waals surface area contributed by atoms with Crippen LogP contribution in [0.3, 0.4) is 0 Å². The van der Waals surface area contributed by atoms with E-state index < -0.39 is 0 Å². The van der Waals surface area contributed by atoms with Crippen LogP contribution >= 0.6 is 0 Å². The van der Waals surface area contributed by atoms with Crippen LogP contribution in [0.5, 0.6) is 0 Å². The molecule has 1 atom stereocenters. The fourth-order valence-corrected chi connectivity index (χ4v) is 0.676. The van der Waals surface area contributed by atoms with Gasteiger partial charge in [-0.2, -0.15) is 0 Å². The molecule has 0 aliphatic rings. The Labute approximate surface area is 63.5 Å². The molecule has 2 heteroatoms. The molecule has 10 heavy (non-hydrogen) atoms. The Morgan fingerprint density at radius 2 is 2.10 bits per heavy atom. The summed E-state index contributed by atoms with van der Waals surface area (Å²) in [4.78, 5) is 0. The van der Waals surface area contributed by atoms with Gasteiger partial charge >= 0.3 is 0 Å². The predicted molar refractivity (Wildman–Crippen MR) is 41.9 cm³/mol. The highest BCUT2D eigenvalue weighted by Crippen LogP contribution is 2.00. The average molecular weight is 145 g/mol. The van der Waals surface area contributed by atoms with E-state index in [1.807, 2.05) is 6.92 Å². The van der Waals surface area contributed by atoms with Gasteiger partial charge in [-0.1, -0.05) is 0 Å². The van der Waals surface area contributed by atoms with Gasteiger partial charge in [-0.25, -0.2) is 0 Å². The van der Waals surface area contributed by atoms with E-state index >= 15 is 0 Å². The van der Waals surface area contributed by atoms with Crippen molar-refractivity contribution in [2.45, 2.75) is 25.9 Å². The van der Waals surface area contributed by atoms with Gasteiger partial charge in [0.2, 0.25) is 0 Å². The van der Waals surface area contributed by atoms with Crippen LogP contribution in [0.2, 0.25) is 0 Å². The monoisotopic (exact) mass is 145 g/mol. The molecule has 0 saturated heterocycles. The molecule has 0 fully saturated rings. The van der Waals surface area contributed by atoms with E-state index in [1.165, 1.54) is 0 Å². The molecule has 0 saturated carbocycles. The lowest BCUT2D eigenvalue weighted by molar-refractivity contribution is 0.137. The van der Waals surface area contributed by atoms with Gasteiger partial charge in [-0.3, -0.25) is 0 Å². The molecule has 0 aromatic rings. The second-order valence-electron chi connectivity index (χ2n) is 2.31. The Morgan fingerprint density at radius 1 is 1.40 bits per heavy atom. The second kappa shape index (κ2) is 7.03. The molecule has 1 unspecified atom stereocenters. The minimum absolute atomic E-state index is 0.275. The van der Waals surface area contributed by atoms with Crippen LogP contribution in [-0.2, 0) is 9.47 Å². The molecule has 0 aliphatic heterocycles. The van der Waals surface area contributed by atoms with E-state index in [2.05, 4.69) is 6.42 Å². The summed E-state index contributed by atoms with van der Waals surface area (Å²) in [6.45, 7) is 2.87. The third-order valence-electron chi connectivity index (χ3n) is 1.42. The molecule has 0 heterocycles. The van der Waals surface area contributed by atoms with E-state index in [1.54, 1.807) is 14.2 Å². The lowest BCUT2D eigenvalue weighted by Crippen LogP contribution is -2.05. The van der Waals surface area contributed by atoms with E-state index in [0.29, 0.717) is 0 Å². The normalized spacial score (nSPS) is 13.5. The first-order valence-corrected chi connectivity index (χ1v) is 3.66. The zero-order valence-electron chi connectivity index (χ0n) is 7.09. The van der Waals surface area contributed by atoms with Gasteiger partial charge in [0.1, 0.15) is 0 Å². The number of unbranched alkanes of at least 4 members (excludes halogenated alkanes) is 1. The van der Waals surface area contributed by atoms with Crippen LogP contribution in [0.15, 0.2) is 0 Å². The minimum atomic E-state index is 0.275. The first-order chi connectivity index (χ1) is 4.81. The van der Waals surface area contributed by atoms with Gasteiger partial charge < -0.3 is 9.47 Å². The van der Waals surface area contributed by atoms with Crippen molar-refractivity contribution >= 4 is 0 Å². The third kappa shape index (κ3) is 6.05. The minimum Gasteiger partial charge on any atom is -0.385 e. The van der Waals surface area contributed by atoms with E-state index in [0.717, 1.165) is 19.4 Å². The van der Waals surface area contributed by atoms with Gasteiger partial charge in [-0.15, -0.1) is 0 Å². The summed E-state index contributed by atoms with van der Waals surface area (Å²) in [6.07, 6.45) is 4.59. The van der Waals surface area contributed by atoms with Crippen molar-refractivity contribution in [3.63, 3.8) is 0 Å². The SMILES string of the molecule is COCCC[CH]C(C)OC. The number of ether oxygens (including phenoxy) is 2. The Balaban J connectivity index is 2.89. The highest BCUT2D eigenvalue weighted by atomic mass is 16.5. The van der Waals surface area contributed by atoms with Gasteiger partial charge in [-0.05, 0) is 26.2 Å². The molecular formula is C8H17O2. The van der Waals surface area contributed by atoms with Crippen LogP contribution in [0.25, 0.3) is 0 Å². The summed E-state index contributed by atoms with van der Waals surface area (Å²) in [5.41, 5.74) is 0. The van der Waals surface area contributed by atoms with Crippen LogP contribution in [0.1, 0.15) is 19.8 Å². The molecule has 0 amide bonds. The van der Waals surface area contributed by atoms with Crippen LogP contribution in [0.4, 0.5) is 0 Å². The highest BCUT2D eigenvalue weighted by molar-refractivity contribution is 4.71. The molecule has 2 nitrogen and oxygen atoms in total. The third-order valence-corrected chi connectivity index (χ3v) is 1.42. The largest absolute Gasteiger partial charge is 0.385 e. The molecule has 0 N–H and O–H groups in total. The van der Waals surface area contributed by atoms with Crippen molar-refractivity contribution in [3.05, 3.63) is 6.42 Å². The zero-order chi connectivity index (χ0) is 7.82. The summed E-state index contributed by atoms with van der Waals surface area (Å²) in [5, 5.41) is 0. The molecule has 61 valence electrons. The molecule has 0 aromatic heterocycles. The number of methoxy groups -OCH3 is 2. The zero-order valence-corrected chi connectivity index (χ0v) is 7.09. The average Bonchev–Trinajstić information content (AvgIpc) is 1.98. The van der Waals surface area contributed by atoms with Crippen molar-refractivity contribution in [2.75, 3.05) is 20.8 Å². The summed E-state index contributed by atoms with van der Waals surface area (Å²) < 4.78 is 9.93. The molecule has 0 bridgehead atoms.